The van der Waals surface area contributed by atoms with Gasteiger partial charge >= 0.3 is 6.09 Å². The SMILES string of the molecule is Cn1cc(Cc2nc(N3CCCC(N4CC5(CN(CC6CCN(c7ccc8c(c7)C(=O)N(C7CCC(=O)NC7=O)C8=O)CC6)C5)OC4=O)C3)cnc2C(N)=O)cn1. The lowest BCUT2D eigenvalue weighted by molar-refractivity contribution is -0.136. The van der Waals surface area contributed by atoms with Crippen LogP contribution in [0, 0.1) is 5.92 Å². The van der Waals surface area contributed by atoms with E-state index in [4.69, 9.17) is 15.5 Å². The first-order valence-electron chi connectivity index (χ1n) is 19.6. The summed E-state index contributed by atoms with van der Waals surface area (Å²) in [6.45, 7) is 5.75. The van der Waals surface area contributed by atoms with E-state index in [0.717, 1.165) is 68.0 Å². The molecule has 18 heteroatoms. The van der Waals surface area contributed by atoms with Gasteiger partial charge in [-0.05, 0) is 61.8 Å². The Bertz CT molecular complexity index is 2180. The number of anilines is 2. The van der Waals surface area contributed by atoms with Gasteiger partial charge in [-0.15, -0.1) is 0 Å². The summed E-state index contributed by atoms with van der Waals surface area (Å²) >= 11 is 0. The Morgan fingerprint density at radius 1 is 0.965 bits per heavy atom. The van der Waals surface area contributed by atoms with Crippen molar-refractivity contribution in [2.45, 2.75) is 62.6 Å². The Morgan fingerprint density at radius 2 is 1.75 bits per heavy atom. The fourth-order valence-corrected chi connectivity index (χ4v) is 9.46. The molecule has 2 aromatic heterocycles. The largest absolute Gasteiger partial charge is 0.438 e. The Balaban J connectivity index is 0.768. The van der Waals surface area contributed by atoms with E-state index < -0.39 is 41.2 Å². The number of carbonyl (C=O) groups is 6. The summed E-state index contributed by atoms with van der Waals surface area (Å²) in [5.41, 5.74) is 8.06. The summed E-state index contributed by atoms with van der Waals surface area (Å²) in [7, 11) is 1.83. The van der Waals surface area contributed by atoms with Crippen LogP contribution in [0.3, 0.4) is 0 Å². The van der Waals surface area contributed by atoms with Crippen molar-refractivity contribution in [2.75, 3.05) is 62.2 Å². The fourth-order valence-electron chi connectivity index (χ4n) is 9.46. The van der Waals surface area contributed by atoms with Crippen LogP contribution in [0.1, 0.15) is 81.0 Å². The van der Waals surface area contributed by atoms with Crippen LogP contribution < -0.4 is 20.9 Å². The number of nitrogens with two attached hydrogens (primary N) is 1. The maximum absolute atomic E-state index is 13.3. The number of aryl methyl sites for hydroxylation is 1. The summed E-state index contributed by atoms with van der Waals surface area (Å²) in [4.78, 5) is 94.8. The number of aromatic nitrogens is 4. The number of piperidine rings is 3. The molecule has 3 aromatic rings. The van der Waals surface area contributed by atoms with Gasteiger partial charge in [0.05, 0.1) is 41.8 Å². The maximum Gasteiger partial charge on any atom is 0.410 e. The summed E-state index contributed by atoms with van der Waals surface area (Å²) in [5.74, 6) is -1.56. The van der Waals surface area contributed by atoms with Crippen molar-refractivity contribution in [3.05, 3.63) is 64.9 Å². The van der Waals surface area contributed by atoms with Gasteiger partial charge in [0.2, 0.25) is 11.8 Å². The Morgan fingerprint density at radius 3 is 2.49 bits per heavy atom. The molecule has 6 aliphatic rings. The Hall–Kier alpha value is -5.91. The van der Waals surface area contributed by atoms with Gasteiger partial charge in [0, 0.05) is 77.6 Å². The molecule has 6 amide bonds. The minimum atomic E-state index is -0.989. The number of benzene rings is 1. The first-order chi connectivity index (χ1) is 27.4. The fraction of sp³-hybridized carbons (Fsp3) is 0.513. The molecule has 5 saturated heterocycles. The number of primary amides is 1. The van der Waals surface area contributed by atoms with E-state index in [1.165, 1.54) is 0 Å². The monoisotopic (exact) mass is 779 g/mol. The van der Waals surface area contributed by atoms with Crippen LogP contribution in [0.15, 0.2) is 36.8 Å². The molecule has 0 radical (unpaired) electrons. The molecule has 5 fully saturated rings. The third kappa shape index (κ3) is 6.84. The highest BCUT2D eigenvalue weighted by atomic mass is 16.6. The van der Waals surface area contributed by atoms with Crippen molar-refractivity contribution in [2.24, 2.45) is 18.7 Å². The quantitative estimate of drug-likeness (QED) is 0.287. The first-order valence-corrected chi connectivity index (χ1v) is 19.6. The number of likely N-dealkylation sites (tertiary alicyclic amines) is 1. The highest BCUT2D eigenvalue weighted by Gasteiger charge is 2.55. The van der Waals surface area contributed by atoms with E-state index in [9.17, 15) is 28.8 Å². The van der Waals surface area contributed by atoms with Crippen molar-refractivity contribution < 1.29 is 33.5 Å². The smallest absolute Gasteiger partial charge is 0.410 e. The Labute approximate surface area is 328 Å². The minimum Gasteiger partial charge on any atom is -0.438 e. The highest BCUT2D eigenvalue weighted by Crippen LogP contribution is 2.37. The summed E-state index contributed by atoms with van der Waals surface area (Å²) in [6, 6.07) is 4.24. The summed E-state index contributed by atoms with van der Waals surface area (Å²) in [6.07, 6.45) is 9.09. The topological polar surface area (TPSA) is 210 Å². The number of nitrogens with zero attached hydrogens (tertiary/aromatic N) is 9. The van der Waals surface area contributed by atoms with Crippen molar-refractivity contribution in [1.29, 1.82) is 0 Å². The maximum atomic E-state index is 13.3. The number of carbonyl (C=O) groups excluding carboxylic acids is 6. The average molecular weight is 780 g/mol. The van der Waals surface area contributed by atoms with E-state index in [2.05, 4.69) is 30.1 Å². The number of imide groups is 2. The molecule has 0 bridgehead atoms. The zero-order chi connectivity index (χ0) is 39.6. The standard InChI is InChI=1S/C39H45N11O7/c1-45-17-24(15-42-45)13-29-33(34(40)52)41-16-31(43-29)48-10-2-3-26(19-48)49-22-39(57-38(49)56)20-46(21-39)18-23-8-11-47(12-9-23)25-4-5-27-28(14-25)37(55)50(36(27)54)30-6-7-32(51)44-35(30)53/h4-5,14-17,23,26,30H,2-3,6-13,18-22H2,1H3,(H2,40,52)(H,44,51,53). The zero-order valence-electron chi connectivity index (χ0n) is 31.8. The third-order valence-electron chi connectivity index (χ3n) is 12.3. The lowest BCUT2D eigenvalue weighted by atomic mass is 9.89. The molecule has 2 unspecified atom stereocenters. The van der Waals surface area contributed by atoms with Gasteiger partial charge in [-0.2, -0.15) is 5.10 Å². The van der Waals surface area contributed by atoms with Gasteiger partial charge in [0.15, 0.2) is 5.60 Å². The van der Waals surface area contributed by atoms with Gasteiger partial charge in [0.1, 0.15) is 17.6 Å². The van der Waals surface area contributed by atoms with Crippen LogP contribution in [0.25, 0.3) is 0 Å². The van der Waals surface area contributed by atoms with E-state index in [0.29, 0.717) is 50.0 Å². The van der Waals surface area contributed by atoms with Crippen LogP contribution in [-0.4, -0.2) is 140 Å². The molecule has 6 aliphatic heterocycles. The summed E-state index contributed by atoms with van der Waals surface area (Å²) in [5, 5.41) is 6.45. The zero-order valence-corrected chi connectivity index (χ0v) is 31.8. The van der Waals surface area contributed by atoms with Gasteiger partial charge in [0.25, 0.3) is 17.7 Å². The average Bonchev–Trinajstić information content (AvgIpc) is 3.84. The second-order valence-corrected chi connectivity index (χ2v) is 16.3. The van der Waals surface area contributed by atoms with Gasteiger partial charge in [-0.1, -0.05) is 0 Å². The third-order valence-corrected chi connectivity index (χ3v) is 12.3. The van der Waals surface area contributed by atoms with Crippen molar-refractivity contribution >= 4 is 47.1 Å². The molecular weight excluding hydrogens is 734 g/mol. The number of ether oxygens (including phenoxy) is 1. The molecular formula is C39H45N11O7. The predicted octanol–water partition coefficient (Wildman–Crippen LogP) is 0.693. The van der Waals surface area contributed by atoms with Crippen molar-refractivity contribution in [3.8, 4) is 0 Å². The van der Waals surface area contributed by atoms with E-state index >= 15 is 0 Å². The predicted molar refractivity (Wildman–Crippen MR) is 202 cm³/mol. The molecule has 8 heterocycles. The van der Waals surface area contributed by atoms with Crippen LogP contribution in [0.2, 0.25) is 0 Å². The first kappa shape index (κ1) is 36.7. The molecule has 9 rings (SSSR count). The van der Waals surface area contributed by atoms with Crippen LogP contribution in [0.4, 0.5) is 16.3 Å². The molecule has 1 spiro atoms. The van der Waals surface area contributed by atoms with Crippen LogP contribution in [-0.2, 0) is 27.8 Å². The lowest BCUT2D eigenvalue weighted by Gasteiger charge is -2.48. The highest BCUT2D eigenvalue weighted by molar-refractivity contribution is 6.23. The number of hydrogen-bond acceptors (Lipinski definition) is 13. The number of rotatable bonds is 9. The number of hydrogen-bond donors (Lipinski definition) is 2. The normalized spacial score (nSPS) is 23.9. The van der Waals surface area contributed by atoms with Gasteiger partial charge in [-0.25, -0.2) is 14.8 Å². The number of amides is 6. The second-order valence-electron chi connectivity index (χ2n) is 16.3. The van der Waals surface area contributed by atoms with E-state index in [1.54, 1.807) is 29.2 Å². The van der Waals surface area contributed by atoms with Crippen molar-refractivity contribution in [3.63, 3.8) is 0 Å². The molecule has 0 saturated carbocycles. The molecule has 0 aliphatic carbocycles. The van der Waals surface area contributed by atoms with E-state index in [-0.39, 0.29) is 41.8 Å². The minimum absolute atomic E-state index is 0.0449. The van der Waals surface area contributed by atoms with Crippen LogP contribution >= 0.6 is 0 Å². The van der Waals surface area contributed by atoms with E-state index in [1.807, 2.05) is 24.2 Å². The molecule has 57 heavy (non-hydrogen) atoms. The van der Waals surface area contributed by atoms with Gasteiger partial charge in [-0.3, -0.25) is 48.7 Å². The van der Waals surface area contributed by atoms with Gasteiger partial charge < -0.3 is 20.3 Å². The second kappa shape index (κ2) is 14.2. The lowest BCUT2D eigenvalue weighted by Crippen LogP contribution is -2.65. The molecule has 298 valence electrons. The number of nitrogens with one attached hydrogen (secondary N) is 1. The molecule has 3 N–H and O–H groups in total. The molecule has 1 aromatic carbocycles. The van der Waals surface area contributed by atoms with Crippen LogP contribution in [0.5, 0.6) is 0 Å². The Kier molecular flexibility index (Phi) is 9.17. The van der Waals surface area contributed by atoms with Crippen molar-refractivity contribution in [1.82, 2.24) is 39.8 Å². The summed E-state index contributed by atoms with van der Waals surface area (Å²) < 4.78 is 7.75. The molecule has 2 atom stereocenters. The number of fused-ring (bicyclic) bond motifs is 1. The molecule has 18 nitrogen and oxygen atoms in total.